The standard InChI is InChI=1S/C8H11N3O2/c12-6-5-7(13)10-8(9-6)11-3-1-2-4-11/h5H,1-4H2,(H2,9,10,12,13). The third-order valence-electron chi connectivity index (χ3n) is 2.08. The largest absolute Gasteiger partial charge is 0.493 e. The van der Waals surface area contributed by atoms with Crippen molar-refractivity contribution in [3.63, 3.8) is 0 Å². The van der Waals surface area contributed by atoms with Crippen LogP contribution in [0.25, 0.3) is 0 Å². The molecule has 70 valence electrons. The molecule has 0 saturated carbocycles. The van der Waals surface area contributed by atoms with Gasteiger partial charge in [0.05, 0.1) is 6.07 Å². The number of rotatable bonds is 1. The molecule has 2 N–H and O–H groups in total. The lowest BCUT2D eigenvalue weighted by Crippen LogP contribution is -2.20. The maximum absolute atomic E-state index is 9.12. The molecule has 1 aliphatic heterocycles. The molecule has 0 aliphatic carbocycles. The molecule has 0 bridgehead atoms. The van der Waals surface area contributed by atoms with Crippen molar-refractivity contribution in [2.24, 2.45) is 0 Å². The van der Waals surface area contributed by atoms with Crippen molar-refractivity contribution in [2.75, 3.05) is 18.0 Å². The van der Waals surface area contributed by atoms with Gasteiger partial charge >= 0.3 is 0 Å². The fraction of sp³-hybridized carbons (Fsp3) is 0.500. The number of nitrogens with zero attached hydrogens (tertiary/aromatic N) is 3. The van der Waals surface area contributed by atoms with Gasteiger partial charge in [0.15, 0.2) is 0 Å². The Bertz CT molecular complexity index is 290. The first-order chi connectivity index (χ1) is 6.25. The van der Waals surface area contributed by atoms with Gasteiger partial charge in [0, 0.05) is 13.1 Å². The van der Waals surface area contributed by atoms with Crippen LogP contribution < -0.4 is 4.90 Å². The molecule has 5 nitrogen and oxygen atoms in total. The maximum Gasteiger partial charge on any atom is 0.231 e. The first-order valence-corrected chi connectivity index (χ1v) is 4.28. The molecule has 1 aromatic heterocycles. The Balaban J connectivity index is 2.28. The van der Waals surface area contributed by atoms with E-state index in [-0.39, 0.29) is 11.8 Å². The van der Waals surface area contributed by atoms with Crippen LogP contribution in [0.3, 0.4) is 0 Å². The molecule has 0 radical (unpaired) electrons. The van der Waals surface area contributed by atoms with E-state index in [0.717, 1.165) is 32.0 Å². The van der Waals surface area contributed by atoms with Crippen molar-refractivity contribution in [2.45, 2.75) is 12.8 Å². The summed E-state index contributed by atoms with van der Waals surface area (Å²) in [6.07, 6.45) is 2.22. The van der Waals surface area contributed by atoms with Crippen LogP contribution in [0, 0.1) is 0 Å². The highest BCUT2D eigenvalue weighted by Crippen LogP contribution is 2.21. The van der Waals surface area contributed by atoms with Gasteiger partial charge in [0.2, 0.25) is 17.7 Å². The molecule has 0 atom stereocenters. The Labute approximate surface area is 75.7 Å². The Kier molecular flexibility index (Phi) is 1.92. The molecule has 0 amide bonds. The lowest BCUT2D eigenvalue weighted by Gasteiger charge is -2.14. The highest BCUT2D eigenvalue weighted by molar-refractivity contribution is 5.36. The number of aromatic nitrogens is 2. The van der Waals surface area contributed by atoms with Gasteiger partial charge in [0.25, 0.3) is 0 Å². The zero-order chi connectivity index (χ0) is 9.26. The molecule has 2 heterocycles. The minimum absolute atomic E-state index is 0.186. The number of anilines is 1. The Morgan fingerprint density at radius 1 is 1.08 bits per heavy atom. The summed E-state index contributed by atoms with van der Waals surface area (Å²) < 4.78 is 0. The minimum atomic E-state index is -0.186. The molecule has 5 heteroatoms. The summed E-state index contributed by atoms with van der Waals surface area (Å²) >= 11 is 0. The van der Waals surface area contributed by atoms with Gasteiger partial charge in [-0.15, -0.1) is 0 Å². The quantitative estimate of drug-likeness (QED) is 0.659. The number of hydrogen-bond acceptors (Lipinski definition) is 5. The van der Waals surface area contributed by atoms with E-state index in [1.54, 1.807) is 0 Å². The van der Waals surface area contributed by atoms with E-state index in [4.69, 9.17) is 10.2 Å². The van der Waals surface area contributed by atoms with Crippen molar-refractivity contribution in [1.29, 1.82) is 0 Å². The fourth-order valence-corrected chi connectivity index (χ4v) is 1.47. The molecule has 0 unspecified atom stereocenters. The molecule has 0 spiro atoms. The molecule has 1 aromatic rings. The van der Waals surface area contributed by atoms with E-state index in [1.807, 2.05) is 4.90 Å². The zero-order valence-electron chi connectivity index (χ0n) is 7.14. The van der Waals surface area contributed by atoms with E-state index < -0.39 is 0 Å². The third kappa shape index (κ3) is 1.63. The van der Waals surface area contributed by atoms with E-state index in [1.165, 1.54) is 0 Å². The second-order valence-corrected chi connectivity index (χ2v) is 3.08. The van der Waals surface area contributed by atoms with Crippen molar-refractivity contribution >= 4 is 5.95 Å². The fourth-order valence-electron chi connectivity index (χ4n) is 1.47. The highest BCUT2D eigenvalue weighted by atomic mass is 16.3. The Hall–Kier alpha value is -1.52. The summed E-state index contributed by atoms with van der Waals surface area (Å²) in [5.41, 5.74) is 0. The minimum Gasteiger partial charge on any atom is -0.493 e. The first-order valence-electron chi connectivity index (χ1n) is 4.28. The SMILES string of the molecule is Oc1cc(O)nc(N2CCCC2)n1. The van der Waals surface area contributed by atoms with E-state index in [0.29, 0.717) is 5.95 Å². The topological polar surface area (TPSA) is 69.5 Å². The van der Waals surface area contributed by atoms with Crippen molar-refractivity contribution in [1.82, 2.24) is 9.97 Å². The zero-order valence-corrected chi connectivity index (χ0v) is 7.14. The average Bonchev–Trinajstić information content (AvgIpc) is 2.53. The summed E-state index contributed by atoms with van der Waals surface area (Å²) in [6, 6.07) is 1.12. The van der Waals surface area contributed by atoms with Gasteiger partial charge < -0.3 is 15.1 Å². The highest BCUT2D eigenvalue weighted by Gasteiger charge is 2.16. The summed E-state index contributed by atoms with van der Waals surface area (Å²) in [6.45, 7) is 1.78. The summed E-state index contributed by atoms with van der Waals surface area (Å²) in [5.74, 6) is 0.0406. The van der Waals surface area contributed by atoms with Gasteiger partial charge in [-0.2, -0.15) is 9.97 Å². The van der Waals surface area contributed by atoms with Crippen LogP contribution in [0.15, 0.2) is 6.07 Å². The molecule has 1 saturated heterocycles. The van der Waals surface area contributed by atoms with Gasteiger partial charge in [-0.1, -0.05) is 0 Å². The predicted molar refractivity (Wildman–Crippen MR) is 46.8 cm³/mol. The van der Waals surface area contributed by atoms with Gasteiger partial charge in [-0.3, -0.25) is 0 Å². The van der Waals surface area contributed by atoms with Crippen LogP contribution in [0.5, 0.6) is 11.8 Å². The molecule has 2 rings (SSSR count). The summed E-state index contributed by atoms with van der Waals surface area (Å²) in [4.78, 5) is 9.60. The lowest BCUT2D eigenvalue weighted by atomic mass is 10.4. The van der Waals surface area contributed by atoms with E-state index in [2.05, 4.69) is 9.97 Å². The second kappa shape index (κ2) is 3.08. The second-order valence-electron chi connectivity index (χ2n) is 3.08. The molecular formula is C8H11N3O2. The van der Waals surface area contributed by atoms with E-state index in [9.17, 15) is 0 Å². The van der Waals surface area contributed by atoms with Crippen molar-refractivity contribution in [3.8, 4) is 11.8 Å². The molecule has 0 aromatic carbocycles. The maximum atomic E-state index is 9.12. The lowest BCUT2D eigenvalue weighted by molar-refractivity contribution is 0.421. The molecular weight excluding hydrogens is 170 g/mol. The predicted octanol–water partition coefficient (Wildman–Crippen LogP) is 0.488. The normalized spacial score (nSPS) is 16.5. The Morgan fingerprint density at radius 3 is 2.15 bits per heavy atom. The van der Waals surface area contributed by atoms with Crippen molar-refractivity contribution < 1.29 is 10.2 Å². The molecule has 13 heavy (non-hydrogen) atoms. The van der Waals surface area contributed by atoms with Crippen LogP contribution in [0.2, 0.25) is 0 Å². The monoisotopic (exact) mass is 181 g/mol. The first kappa shape index (κ1) is 8.10. The Morgan fingerprint density at radius 2 is 1.62 bits per heavy atom. The summed E-state index contributed by atoms with van der Waals surface area (Å²) in [5, 5.41) is 18.2. The van der Waals surface area contributed by atoms with Crippen LogP contribution in [-0.2, 0) is 0 Å². The van der Waals surface area contributed by atoms with Crippen LogP contribution >= 0.6 is 0 Å². The van der Waals surface area contributed by atoms with Crippen LogP contribution in [-0.4, -0.2) is 33.3 Å². The van der Waals surface area contributed by atoms with Gasteiger partial charge in [-0.05, 0) is 12.8 Å². The van der Waals surface area contributed by atoms with Crippen molar-refractivity contribution in [3.05, 3.63) is 6.07 Å². The van der Waals surface area contributed by atoms with Gasteiger partial charge in [-0.25, -0.2) is 0 Å². The third-order valence-corrected chi connectivity index (χ3v) is 2.08. The van der Waals surface area contributed by atoms with Gasteiger partial charge in [0.1, 0.15) is 0 Å². The smallest absolute Gasteiger partial charge is 0.231 e. The van der Waals surface area contributed by atoms with Crippen LogP contribution in [0.4, 0.5) is 5.95 Å². The molecule has 1 fully saturated rings. The van der Waals surface area contributed by atoms with E-state index >= 15 is 0 Å². The molecule has 1 aliphatic rings. The number of aromatic hydroxyl groups is 2. The number of hydrogen-bond donors (Lipinski definition) is 2. The van der Waals surface area contributed by atoms with Crippen LogP contribution in [0.1, 0.15) is 12.8 Å². The average molecular weight is 181 g/mol. The summed E-state index contributed by atoms with van der Waals surface area (Å²) in [7, 11) is 0.